The molecule has 0 aliphatic carbocycles. The average Bonchev–Trinajstić information content (AvgIpc) is 2.87. The fourth-order valence-corrected chi connectivity index (χ4v) is 4.20. The highest BCUT2D eigenvalue weighted by atomic mass is 31.2. The van der Waals surface area contributed by atoms with E-state index >= 15 is 0 Å². The minimum absolute atomic E-state index is 0.0532. The molecule has 0 aromatic heterocycles. The second-order valence-corrected chi connectivity index (χ2v) is 11.1. The summed E-state index contributed by atoms with van der Waals surface area (Å²) in [5, 5.41) is 2.89. The highest BCUT2D eigenvalue weighted by Gasteiger charge is 2.43. The summed E-state index contributed by atoms with van der Waals surface area (Å²) < 4.78 is 35.3. The summed E-state index contributed by atoms with van der Waals surface area (Å²) in [6.07, 6.45) is -0.576. The number of amides is 1. The highest BCUT2D eigenvalue weighted by Crippen LogP contribution is 2.43. The van der Waals surface area contributed by atoms with Crippen molar-refractivity contribution < 1.29 is 32.6 Å². The van der Waals surface area contributed by atoms with Crippen LogP contribution in [0.15, 0.2) is 60.7 Å². The molecule has 1 amide bonds. The van der Waals surface area contributed by atoms with Crippen molar-refractivity contribution in [1.29, 1.82) is 0 Å². The molecule has 2 aromatic carbocycles. The standard InChI is InChI=1S/C26H36NO7P.C2H6/c1-24(2,3)34-23(28)27-26(18-29-25(4,5)30-19-26)20-33-35(31-16-21-12-8-6-9-13-21)32-17-22-14-10-7-11-15-22;1-2/h6-15H,16-20H2,1-5H3,(H,27,28);1-2H3. The van der Waals surface area contributed by atoms with Crippen LogP contribution in [-0.2, 0) is 41.0 Å². The van der Waals surface area contributed by atoms with Crippen LogP contribution in [0.1, 0.15) is 59.6 Å². The third-order valence-electron chi connectivity index (χ3n) is 4.96. The van der Waals surface area contributed by atoms with Crippen LogP contribution >= 0.6 is 8.60 Å². The molecule has 0 radical (unpaired) electrons. The van der Waals surface area contributed by atoms with Gasteiger partial charge in [0, 0.05) is 0 Å². The van der Waals surface area contributed by atoms with Gasteiger partial charge in [-0.15, -0.1) is 0 Å². The Kier molecular flexibility index (Phi) is 12.4. The van der Waals surface area contributed by atoms with Crippen molar-refractivity contribution in [3.8, 4) is 0 Å². The molecule has 1 aliphatic heterocycles. The van der Waals surface area contributed by atoms with Gasteiger partial charge in [0.05, 0.1) is 33.0 Å². The summed E-state index contributed by atoms with van der Waals surface area (Å²) in [5.41, 5.74) is 0.385. The first-order chi connectivity index (χ1) is 17.5. The lowest BCUT2D eigenvalue weighted by atomic mass is 10.0. The van der Waals surface area contributed by atoms with E-state index in [0.29, 0.717) is 13.2 Å². The molecule has 37 heavy (non-hydrogen) atoms. The van der Waals surface area contributed by atoms with E-state index in [9.17, 15) is 4.79 Å². The summed E-state index contributed by atoms with van der Waals surface area (Å²) in [6.45, 7) is 14.1. The van der Waals surface area contributed by atoms with Crippen molar-refractivity contribution in [3.05, 3.63) is 71.8 Å². The van der Waals surface area contributed by atoms with Crippen molar-refractivity contribution in [2.24, 2.45) is 0 Å². The van der Waals surface area contributed by atoms with Gasteiger partial charge in [-0.25, -0.2) is 4.79 Å². The Morgan fingerprint density at radius 3 is 1.76 bits per heavy atom. The maximum Gasteiger partial charge on any atom is 0.408 e. The fourth-order valence-electron chi connectivity index (χ4n) is 3.11. The Hall–Kier alpha value is -2.06. The van der Waals surface area contributed by atoms with E-state index < -0.39 is 31.6 Å². The lowest BCUT2D eigenvalue weighted by Gasteiger charge is -2.43. The Morgan fingerprint density at radius 1 is 0.865 bits per heavy atom. The van der Waals surface area contributed by atoms with Gasteiger partial charge in [-0.05, 0) is 45.7 Å². The molecule has 1 heterocycles. The third kappa shape index (κ3) is 11.9. The van der Waals surface area contributed by atoms with Gasteiger partial charge < -0.3 is 33.1 Å². The van der Waals surface area contributed by atoms with Gasteiger partial charge in [-0.3, -0.25) is 0 Å². The summed E-state index contributed by atoms with van der Waals surface area (Å²) >= 11 is 0. The molecule has 1 aliphatic rings. The Labute approximate surface area is 222 Å². The van der Waals surface area contributed by atoms with Crippen molar-refractivity contribution in [1.82, 2.24) is 5.32 Å². The highest BCUT2D eigenvalue weighted by molar-refractivity contribution is 7.41. The van der Waals surface area contributed by atoms with Crippen LogP contribution in [0.5, 0.6) is 0 Å². The minimum Gasteiger partial charge on any atom is -0.444 e. The number of nitrogens with one attached hydrogen (secondary N) is 1. The molecule has 3 rings (SSSR count). The predicted molar refractivity (Wildman–Crippen MR) is 145 cm³/mol. The first-order valence-corrected chi connectivity index (χ1v) is 13.7. The molecule has 1 saturated heterocycles. The maximum absolute atomic E-state index is 12.6. The zero-order valence-corrected chi connectivity index (χ0v) is 24.0. The molecule has 0 atom stereocenters. The second-order valence-electron chi connectivity index (χ2n) is 9.90. The normalized spacial score (nSPS) is 16.4. The maximum atomic E-state index is 12.6. The first-order valence-electron chi connectivity index (χ1n) is 12.6. The van der Waals surface area contributed by atoms with Gasteiger partial charge in [0.1, 0.15) is 11.1 Å². The van der Waals surface area contributed by atoms with Crippen LogP contribution in [0, 0.1) is 0 Å². The van der Waals surface area contributed by atoms with E-state index in [2.05, 4.69) is 5.32 Å². The summed E-state index contributed by atoms with van der Waals surface area (Å²) in [7, 11) is -1.74. The number of hydrogen-bond donors (Lipinski definition) is 1. The second kappa shape index (κ2) is 14.8. The van der Waals surface area contributed by atoms with Gasteiger partial charge >= 0.3 is 14.7 Å². The van der Waals surface area contributed by atoms with Gasteiger partial charge in [-0.1, -0.05) is 74.5 Å². The molecule has 206 valence electrons. The van der Waals surface area contributed by atoms with E-state index in [1.54, 1.807) is 20.8 Å². The van der Waals surface area contributed by atoms with Crippen LogP contribution in [-0.4, -0.2) is 42.8 Å². The molecule has 0 saturated carbocycles. The lowest BCUT2D eigenvalue weighted by Crippen LogP contribution is -2.63. The number of alkyl carbamates (subject to hydrolysis) is 1. The van der Waals surface area contributed by atoms with Crippen molar-refractivity contribution in [3.63, 3.8) is 0 Å². The number of carbonyl (C=O) groups is 1. The summed E-state index contributed by atoms with van der Waals surface area (Å²) in [5.74, 6) is -0.766. The molecule has 0 bridgehead atoms. The lowest BCUT2D eigenvalue weighted by molar-refractivity contribution is -0.273. The zero-order valence-electron chi connectivity index (χ0n) is 23.1. The molecule has 1 N–H and O–H groups in total. The Morgan fingerprint density at radius 2 is 1.32 bits per heavy atom. The van der Waals surface area contributed by atoms with Crippen molar-refractivity contribution in [2.45, 2.75) is 78.6 Å². The third-order valence-corrected chi connectivity index (χ3v) is 5.98. The molecule has 1 fully saturated rings. The number of hydrogen-bond acceptors (Lipinski definition) is 7. The SMILES string of the molecule is CC.CC(C)(C)OC(=O)NC1(COP(OCc2ccccc2)OCc2ccccc2)COC(C)(C)OC1. The summed E-state index contributed by atoms with van der Waals surface area (Å²) in [6, 6.07) is 19.6. The van der Waals surface area contributed by atoms with Crippen LogP contribution in [0.4, 0.5) is 4.79 Å². The fraction of sp³-hybridized carbons (Fsp3) is 0.536. The number of ether oxygens (including phenoxy) is 3. The van der Waals surface area contributed by atoms with Gasteiger partial charge in [0.25, 0.3) is 0 Å². The van der Waals surface area contributed by atoms with Gasteiger partial charge in [-0.2, -0.15) is 0 Å². The average molecular weight is 536 g/mol. The molecule has 0 spiro atoms. The smallest absolute Gasteiger partial charge is 0.408 e. The van der Waals surface area contributed by atoms with Gasteiger partial charge in [0.2, 0.25) is 0 Å². The molecular formula is C28H42NO7P. The summed E-state index contributed by atoms with van der Waals surface area (Å²) in [4.78, 5) is 12.6. The number of carbonyl (C=O) groups excluding carboxylic acids is 1. The topological polar surface area (TPSA) is 84.5 Å². The molecule has 9 heteroatoms. The van der Waals surface area contributed by atoms with Crippen LogP contribution in [0.25, 0.3) is 0 Å². The van der Waals surface area contributed by atoms with E-state index in [-0.39, 0.29) is 19.8 Å². The monoisotopic (exact) mass is 535 g/mol. The number of rotatable bonds is 10. The number of benzene rings is 2. The zero-order chi connectivity index (χ0) is 27.4. The van der Waals surface area contributed by atoms with E-state index in [0.717, 1.165) is 11.1 Å². The first kappa shape index (κ1) is 31.2. The van der Waals surface area contributed by atoms with Crippen LogP contribution in [0.3, 0.4) is 0 Å². The molecule has 8 nitrogen and oxygen atoms in total. The Balaban J connectivity index is 0.00000235. The molecular weight excluding hydrogens is 493 g/mol. The van der Waals surface area contributed by atoms with E-state index in [4.69, 9.17) is 27.8 Å². The van der Waals surface area contributed by atoms with E-state index in [1.165, 1.54) is 0 Å². The Bertz CT molecular complexity index is 866. The van der Waals surface area contributed by atoms with Crippen LogP contribution in [0.2, 0.25) is 0 Å². The van der Waals surface area contributed by atoms with Crippen molar-refractivity contribution >= 4 is 14.7 Å². The van der Waals surface area contributed by atoms with E-state index in [1.807, 2.05) is 88.4 Å². The minimum atomic E-state index is -1.74. The molecule has 2 aromatic rings. The van der Waals surface area contributed by atoms with Gasteiger partial charge in [0.15, 0.2) is 5.79 Å². The quantitative estimate of drug-likeness (QED) is 0.338. The molecule has 0 unspecified atom stereocenters. The predicted octanol–water partition coefficient (Wildman–Crippen LogP) is 6.74. The largest absolute Gasteiger partial charge is 0.444 e. The van der Waals surface area contributed by atoms with Crippen LogP contribution < -0.4 is 5.32 Å². The van der Waals surface area contributed by atoms with Crippen molar-refractivity contribution in [2.75, 3.05) is 19.8 Å².